The zero-order chi connectivity index (χ0) is 18.0. The first-order chi connectivity index (χ1) is 12.0. The molecule has 1 aromatic rings. The molecule has 0 bridgehead atoms. The van der Waals surface area contributed by atoms with Crippen molar-refractivity contribution in [1.82, 2.24) is 4.90 Å². The molecule has 1 heterocycles. The largest absolute Gasteiger partial charge is 0.495 e. The van der Waals surface area contributed by atoms with E-state index in [4.69, 9.17) is 10.5 Å². The molecule has 2 amide bonds. The summed E-state index contributed by atoms with van der Waals surface area (Å²) in [7, 11) is 1.55. The highest BCUT2D eigenvalue weighted by Gasteiger charge is 2.38. The number of methoxy groups -OCH3 is 1. The number of amides is 2. The van der Waals surface area contributed by atoms with Crippen LogP contribution in [0.2, 0.25) is 0 Å². The number of ether oxygens (including phenoxy) is 1. The van der Waals surface area contributed by atoms with E-state index < -0.39 is 0 Å². The molecule has 1 saturated heterocycles. The number of hydrogen-bond acceptors (Lipinski definition) is 4. The van der Waals surface area contributed by atoms with Crippen molar-refractivity contribution in [2.75, 3.05) is 24.7 Å². The van der Waals surface area contributed by atoms with Gasteiger partial charge < -0.3 is 20.7 Å². The molecule has 3 N–H and O–H groups in total. The van der Waals surface area contributed by atoms with E-state index in [2.05, 4.69) is 12.2 Å². The van der Waals surface area contributed by atoms with E-state index in [9.17, 15) is 9.59 Å². The fourth-order valence-electron chi connectivity index (χ4n) is 3.87. The number of nitrogens with two attached hydrogens (primary N) is 1. The third-order valence-electron chi connectivity index (χ3n) is 5.45. The quantitative estimate of drug-likeness (QED) is 0.785. The van der Waals surface area contributed by atoms with Crippen LogP contribution in [0.3, 0.4) is 0 Å². The lowest BCUT2D eigenvalue weighted by Crippen LogP contribution is -2.39. The molecular formula is C19H28ClN3O3. The summed E-state index contributed by atoms with van der Waals surface area (Å²) in [6, 6.07) is 5.45. The van der Waals surface area contributed by atoms with Gasteiger partial charge in [0, 0.05) is 24.7 Å². The normalized spacial score (nSPS) is 25.5. The van der Waals surface area contributed by atoms with Crippen molar-refractivity contribution in [3.63, 3.8) is 0 Å². The van der Waals surface area contributed by atoms with Crippen molar-refractivity contribution < 1.29 is 14.3 Å². The van der Waals surface area contributed by atoms with Gasteiger partial charge in [-0.15, -0.1) is 12.4 Å². The predicted octanol–water partition coefficient (Wildman–Crippen LogP) is 3.06. The Hall–Kier alpha value is -1.95. The summed E-state index contributed by atoms with van der Waals surface area (Å²) >= 11 is 0. The minimum Gasteiger partial charge on any atom is -0.495 e. The summed E-state index contributed by atoms with van der Waals surface area (Å²) in [4.78, 5) is 26.8. The Balaban J connectivity index is 0.00000243. The SMILES string of the molecule is COc1ccc(NC(=O)C2CC(=O)N(C3CCC(C)CC3)C2)cc1N.Cl. The number of carbonyl (C=O) groups is 2. The maximum absolute atomic E-state index is 12.5. The first-order valence-electron chi connectivity index (χ1n) is 9.01. The van der Waals surface area contributed by atoms with Crippen LogP contribution < -0.4 is 15.8 Å². The first-order valence-corrected chi connectivity index (χ1v) is 9.01. The fraction of sp³-hybridized carbons (Fsp3) is 0.579. The number of halogens is 1. The molecule has 3 rings (SSSR count). The Bertz CT molecular complexity index is 659. The van der Waals surface area contributed by atoms with E-state index in [0.29, 0.717) is 36.1 Å². The minimum atomic E-state index is -0.296. The predicted molar refractivity (Wildman–Crippen MR) is 105 cm³/mol. The highest BCUT2D eigenvalue weighted by molar-refractivity contribution is 5.97. The topological polar surface area (TPSA) is 84.7 Å². The number of rotatable bonds is 4. The maximum Gasteiger partial charge on any atom is 0.229 e. The van der Waals surface area contributed by atoms with E-state index in [1.54, 1.807) is 25.3 Å². The van der Waals surface area contributed by atoms with Crippen LogP contribution in [-0.4, -0.2) is 36.4 Å². The van der Waals surface area contributed by atoms with Crippen LogP contribution in [0.1, 0.15) is 39.0 Å². The van der Waals surface area contributed by atoms with E-state index in [0.717, 1.165) is 31.6 Å². The van der Waals surface area contributed by atoms with Crippen LogP contribution in [-0.2, 0) is 9.59 Å². The Morgan fingerprint density at radius 3 is 2.58 bits per heavy atom. The third kappa shape index (κ3) is 4.41. The molecule has 2 fully saturated rings. The number of hydrogen-bond donors (Lipinski definition) is 2. The lowest BCUT2D eigenvalue weighted by Gasteiger charge is -2.33. The van der Waals surface area contributed by atoms with Gasteiger partial charge in [-0.3, -0.25) is 9.59 Å². The van der Waals surface area contributed by atoms with Gasteiger partial charge in [0.25, 0.3) is 0 Å². The molecule has 1 saturated carbocycles. The lowest BCUT2D eigenvalue weighted by molar-refractivity contribution is -0.130. The van der Waals surface area contributed by atoms with Crippen LogP contribution in [0.15, 0.2) is 18.2 Å². The van der Waals surface area contributed by atoms with Crippen molar-refractivity contribution in [2.24, 2.45) is 11.8 Å². The van der Waals surface area contributed by atoms with Gasteiger partial charge in [0.15, 0.2) is 0 Å². The van der Waals surface area contributed by atoms with Gasteiger partial charge in [0.05, 0.1) is 18.7 Å². The summed E-state index contributed by atoms with van der Waals surface area (Å²) in [6.45, 7) is 2.79. The van der Waals surface area contributed by atoms with Gasteiger partial charge in [0.2, 0.25) is 11.8 Å². The molecule has 1 unspecified atom stereocenters. The summed E-state index contributed by atoms with van der Waals surface area (Å²) < 4.78 is 5.12. The smallest absolute Gasteiger partial charge is 0.229 e. The molecule has 6 nitrogen and oxygen atoms in total. The number of likely N-dealkylation sites (tertiary alicyclic amines) is 1. The zero-order valence-corrected chi connectivity index (χ0v) is 16.2. The molecule has 26 heavy (non-hydrogen) atoms. The van der Waals surface area contributed by atoms with Crippen LogP contribution in [0, 0.1) is 11.8 Å². The third-order valence-corrected chi connectivity index (χ3v) is 5.45. The maximum atomic E-state index is 12.5. The van der Waals surface area contributed by atoms with E-state index >= 15 is 0 Å². The highest BCUT2D eigenvalue weighted by Crippen LogP contribution is 2.32. The summed E-state index contributed by atoms with van der Waals surface area (Å²) in [5.41, 5.74) is 6.97. The van der Waals surface area contributed by atoms with Crippen LogP contribution >= 0.6 is 12.4 Å². The van der Waals surface area contributed by atoms with E-state index in [1.165, 1.54) is 0 Å². The molecule has 7 heteroatoms. The van der Waals surface area contributed by atoms with Crippen molar-refractivity contribution in [3.8, 4) is 5.75 Å². The molecule has 1 atom stereocenters. The molecule has 144 valence electrons. The zero-order valence-electron chi connectivity index (χ0n) is 15.4. The van der Waals surface area contributed by atoms with Crippen molar-refractivity contribution in [1.29, 1.82) is 0 Å². The second kappa shape index (κ2) is 8.62. The van der Waals surface area contributed by atoms with Crippen LogP contribution in [0.25, 0.3) is 0 Å². The summed E-state index contributed by atoms with van der Waals surface area (Å²) in [6.07, 6.45) is 4.73. The number of anilines is 2. The average Bonchev–Trinajstić information content (AvgIpc) is 2.98. The van der Waals surface area contributed by atoms with Gasteiger partial charge in [-0.25, -0.2) is 0 Å². The molecule has 0 aromatic heterocycles. The number of nitrogens with one attached hydrogen (secondary N) is 1. The first kappa shape index (κ1) is 20.4. The molecule has 1 aromatic carbocycles. The van der Waals surface area contributed by atoms with Crippen LogP contribution in [0.4, 0.5) is 11.4 Å². The van der Waals surface area contributed by atoms with Gasteiger partial charge in [-0.2, -0.15) is 0 Å². The Kier molecular flexibility index (Phi) is 6.75. The number of carbonyl (C=O) groups excluding carboxylic acids is 2. The highest BCUT2D eigenvalue weighted by atomic mass is 35.5. The average molecular weight is 382 g/mol. The van der Waals surface area contributed by atoms with Crippen molar-refractivity contribution >= 4 is 35.6 Å². The van der Waals surface area contributed by atoms with E-state index in [-0.39, 0.29) is 30.1 Å². The minimum absolute atomic E-state index is 0. The molecule has 2 aliphatic rings. The number of nitrogen functional groups attached to an aromatic ring is 1. The second-order valence-electron chi connectivity index (χ2n) is 7.31. The lowest BCUT2D eigenvalue weighted by atomic mass is 9.87. The van der Waals surface area contributed by atoms with Crippen molar-refractivity contribution in [2.45, 2.75) is 45.1 Å². The molecule has 0 spiro atoms. The van der Waals surface area contributed by atoms with Gasteiger partial charge in [-0.1, -0.05) is 6.92 Å². The van der Waals surface area contributed by atoms with Gasteiger partial charge >= 0.3 is 0 Å². The molecular weight excluding hydrogens is 354 g/mol. The molecule has 1 aliphatic heterocycles. The fourth-order valence-corrected chi connectivity index (χ4v) is 3.87. The van der Waals surface area contributed by atoms with Gasteiger partial charge in [0.1, 0.15) is 5.75 Å². The number of nitrogens with zero attached hydrogens (tertiary/aromatic N) is 1. The Morgan fingerprint density at radius 1 is 1.27 bits per heavy atom. The monoisotopic (exact) mass is 381 g/mol. The van der Waals surface area contributed by atoms with E-state index in [1.807, 2.05) is 4.90 Å². The summed E-state index contributed by atoms with van der Waals surface area (Å²) in [5.74, 6) is 1.01. The number of benzene rings is 1. The summed E-state index contributed by atoms with van der Waals surface area (Å²) in [5, 5.41) is 2.87. The Labute approximate surface area is 160 Å². The van der Waals surface area contributed by atoms with Crippen LogP contribution in [0.5, 0.6) is 5.75 Å². The van der Waals surface area contributed by atoms with Crippen molar-refractivity contribution in [3.05, 3.63) is 18.2 Å². The molecule has 1 aliphatic carbocycles. The second-order valence-corrected chi connectivity index (χ2v) is 7.31. The standard InChI is InChI=1S/C19H27N3O3.ClH/c1-12-3-6-15(7-4-12)22-11-13(9-18(22)23)19(24)21-14-5-8-17(25-2)16(20)10-14;/h5,8,10,12-13,15H,3-4,6-7,9,11,20H2,1-2H3,(H,21,24);1H. The molecule has 0 radical (unpaired) electrons. The Morgan fingerprint density at radius 2 is 1.96 bits per heavy atom. The van der Waals surface area contributed by atoms with Gasteiger partial charge in [-0.05, 0) is 49.8 Å².